The number of rotatable bonds is 6. The number of thioether (sulfide) groups is 1. The summed E-state index contributed by atoms with van der Waals surface area (Å²) in [6, 6.07) is 17.5. The van der Waals surface area contributed by atoms with Crippen molar-refractivity contribution >= 4 is 29.4 Å². The van der Waals surface area contributed by atoms with Crippen LogP contribution in [0.25, 0.3) is 5.69 Å². The Morgan fingerprint density at radius 2 is 1.93 bits per heavy atom. The van der Waals surface area contributed by atoms with Crippen molar-refractivity contribution in [1.82, 2.24) is 15.1 Å². The second-order valence-corrected chi connectivity index (χ2v) is 12.3. The summed E-state index contributed by atoms with van der Waals surface area (Å²) in [6.45, 7) is 8.63. The average molecular weight is 573 g/mol. The number of carbonyl (C=O) groups excluding carboxylic acids is 2. The van der Waals surface area contributed by atoms with E-state index in [9.17, 15) is 9.59 Å². The lowest BCUT2D eigenvalue weighted by atomic mass is 9.87. The molecule has 0 saturated heterocycles. The first-order chi connectivity index (χ1) is 19.7. The number of aromatic nitrogens is 2. The van der Waals surface area contributed by atoms with Gasteiger partial charge in [-0.15, -0.1) is 11.8 Å². The van der Waals surface area contributed by atoms with E-state index in [2.05, 4.69) is 26.1 Å². The summed E-state index contributed by atoms with van der Waals surface area (Å²) in [5, 5.41) is 7.81. The van der Waals surface area contributed by atoms with Gasteiger partial charge >= 0.3 is 0 Å². The van der Waals surface area contributed by atoms with Gasteiger partial charge in [-0.05, 0) is 54.4 Å². The molecule has 0 unspecified atom stereocenters. The average Bonchev–Trinajstić information content (AvgIpc) is 3.69. The molecule has 2 aromatic carbocycles. The van der Waals surface area contributed by atoms with Gasteiger partial charge in [-0.2, -0.15) is 5.10 Å². The van der Waals surface area contributed by atoms with E-state index < -0.39 is 0 Å². The Balaban J connectivity index is 1.50. The molecule has 0 saturated carbocycles. The van der Waals surface area contributed by atoms with Crippen LogP contribution in [0.4, 0.5) is 5.82 Å². The molecular weight excluding hydrogens is 540 g/mol. The van der Waals surface area contributed by atoms with E-state index in [0.29, 0.717) is 23.1 Å². The van der Waals surface area contributed by atoms with Crippen LogP contribution in [0.2, 0.25) is 0 Å². The number of hydrogen-bond donors (Lipinski definition) is 1. The van der Waals surface area contributed by atoms with Crippen LogP contribution in [0.3, 0.4) is 0 Å². The number of aryl methyl sites for hydroxylation is 1. The smallest absolute Gasteiger partial charge is 0.240 e. The Labute approximate surface area is 242 Å². The van der Waals surface area contributed by atoms with E-state index >= 15 is 0 Å². The fourth-order valence-corrected chi connectivity index (χ4v) is 6.34. The minimum Gasteiger partial charge on any atom is -0.467 e. The Kier molecular flexibility index (Phi) is 7.03. The molecule has 1 atom stereocenters. The highest BCUT2D eigenvalue weighted by atomic mass is 32.2. The number of carbonyl (C=O) groups is 2. The molecule has 2 amide bonds. The Bertz CT molecular complexity index is 1610. The zero-order valence-corrected chi connectivity index (χ0v) is 24.3. The number of nitrogens with one attached hydrogen (secondary N) is 1. The lowest BCUT2D eigenvalue weighted by Gasteiger charge is -2.24. The summed E-state index contributed by atoms with van der Waals surface area (Å²) >= 11 is 1.53. The molecular formula is C31H32N4O5S. The van der Waals surface area contributed by atoms with Crippen molar-refractivity contribution in [3.05, 3.63) is 89.0 Å². The van der Waals surface area contributed by atoms with Gasteiger partial charge in [0.15, 0.2) is 11.5 Å². The first-order valence-electron chi connectivity index (χ1n) is 13.5. The lowest BCUT2D eigenvalue weighted by Crippen LogP contribution is -2.42. The molecule has 2 aromatic heterocycles. The molecule has 41 heavy (non-hydrogen) atoms. The van der Waals surface area contributed by atoms with Gasteiger partial charge in [0.2, 0.25) is 18.6 Å². The maximum Gasteiger partial charge on any atom is 0.240 e. The van der Waals surface area contributed by atoms with Crippen LogP contribution in [0.1, 0.15) is 54.2 Å². The zero-order chi connectivity index (χ0) is 28.7. The summed E-state index contributed by atoms with van der Waals surface area (Å²) in [7, 11) is 0. The number of anilines is 1. The minimum atomic E-state index is -0.352. The van der Waals surface area contributed by atoms with Crippen LogP contribution >= 0.6 is 11.8 Å². The van der Waals surface area contributed by atoms with Gasteiger partial charge in [0.1, 0.15) is 18.1 Å². The first kappa shape index (κ1) is 27.0. The third kappa shape index (κ3) is 5.31. The second-order valence-electron chi connectivity index (χ2n) is 11.2. The third-order valence-corrected chi connectivity index (χ3v) is 8.34. The SMILES string of the molecule is Cc1cccc(-n2nc(C(C)(C)C)c3c2N(CC(=O)NCc2ccco2)C(=O)CS[C@H]3c2ccc3c(c2)OCO3)c1. The number of fused-ring (bicyclic) bond motifs is 2. The number of amides is 2. The number of hydrogen-bond acceptors (Lipinski definition) is 7. The van der Waals surface area contributed by atoms with E-state index in [1.165, 1.54) is 11.8 Å². The molecule has 2 aliphatic heterocycles. The maximum absolute atomic E-state index is 13.8. The zero-order valence-electron chi connectivity index (χ0n) is 23.5. The predicted octanol–water partition coefficient (Wildman–Crippen LogP) is 5.29. The minimum absolute atomic E-state index is 0.151. The van der Waals surface area contributed by atoms with Crippen LogP contribution in [0.15, 0.2) is 65.3 Å². The van der Waals surface area contributed by atoms with Crippen molar-refractivity contribution in [3.63, 3.8) is 0 Å². The summed E-state index contributed by atoms with van der Waals surface area (Å²) in [6.07, 6.45) is 1.56. The monoisotopic (exact) mass is 572 g/mol. The van der Waals surface area contributed by atoms with E-state index in [0.717, 1.165) is 28.1 Å². The molecule has 4 heterocycles. The van der Waals surface area contributed by atoms with Gasteiger partial charge in [-0.3, -0.25) is 14.5 Å². The summed E-state index contributed by atoms with van der Waals surface area (Å²) < 4.78 is 18.4. The summed E-state index contributed by atoms with van der Waals surface area (Å²) in [5.41, 5.74) is 4.28. The number of benzene rings is 2. The number of furan rings is 1. The molecule has 1 N–H and O–H groups in total. The molecule has 9 nitrogen and oxygen atoms in total. The van der Waals surface area contributed by atoms with Gasteiger partial charge < -0.3 is 19.2 Å². The molecule has 0 bridgehead atoms. The van der Waals surface area contributed by atoms with Gasteiger partial charge in [0, 0.05) is 11.0 Å². The molecule has 0 fully saturated rings. The van der Waals surface area contributed by atoms with Crippen molar-refractivity contribution in [2.75, 3.05) is 24.0 Å². The van der Waals surface area contributed by atoms with Gasteiger partial charge in [-0.25, -0.2) is 4.68 Å². The standard InChI is InChI=1S/C31H32N4O5S/c1-19-7-5-8-21(13-19)35-30-27(29(33-35)31(2,3)4)28(20-10-11-23-24(14-20)40-18-39-23)41-17-26(37)34(30)16-25(36)32-15-22-9-6-12-38-22/h5-14,28H,15-18H2,1-4H3,(H,32,36)/t28-/m0/s1. The predicted molar refractivity (Wildman–Crippen MR) is 157 cm³/mol. The molecule has 212 valence electrons. The normalized spacial score (nSPS) is 16.4. The number of nitrogens with zero attached hydrogens (tertiary/aromatic N) is 3. The fraction of sp³-hybridized carbons (Fsp3) is 0.323. The van der Waals surface area contributed by atoms with Gasteiger partial charge in [0.05, 0.1) is 35.2 Å². The van der Waals surface area contributed by atoms with Crippen molar-refractivity contribution in [2.45, 2.75) is 44.9 Å². The van der Waals surface area contributed by atoms with Crippen LogP contribution in [0.5, 0.6) is 11.5 Å². The van der Waals surface area contributed by atoms with Crippen molar-refractivity contribution in [2.24, 2.45) is 0 Å². The lowest BCUT2D eigenvalue weighted by molar-refractivity contribution is -0.123. The molecule has 10 heteroatoms. The second kappa shape index (κ2) is 10.7. The Hall–Kier alpha value is -4.18. The third-order valence-electron chi connectivity index (χ3n) is 7.09. The van der Waals surface area contributed by atoms with E-state index in [4.69, 9.17) is 19.0 Å². The molecule has 4 aromatic rings. The van der Waals surface area contributed by atoms with E-state index in [1.807, 2.05) is 54.1 Å². The van der Waals surface area contributed by atoms with Gasteiger partial charge in [-0.1, -0.05) is 39.0 Å². The fourth-order valence-electron chi connectivity index (χ4n) is 5.15. The largest absolute Gasteiger partial charge is 0.467 e. The quantitative estimate of drug-likeness (QED) is 0.335. The highest BCUT2D eigenvalue weighted by molar-refractivity contribution is 8.00. The van der Waals surface area contributed by atoms with Crippen LogP contribution < -0.4 is 19.7 Å². The van der Waals surface area contributed by atoms with Crippen molar-refractivity contribution in [1.29, 1.82) is 0 Å². The van der Waals surface area contributed by atoms with Crippen LogP contribution in [-0.2, 0) is 21.5 Å². The Morgan fingerprint density at radius 1 is 1.10 bits per heavy atom. The molecule has 0 spiro atoms. The molecule has 2 aliphatic rings. The Morgan fingerprint density at radius 3 is 2.68 bits per heavy atom. The topological polar surface area (TPSA) is 98.8 Å². The van der Waals surface area contributed by atoms with Crippen LogP contribution in [-0.4, -0.2) is 40.7 Å². The molecule has 0 radical (unpaired) electrons. The molecule has 0 aliphatic carbocycles. The summed E-state index contributed by atoms with van der Waals surface area (Å²) in [5.74, 6) is 2.36. The van der Waals surface area contributed by atoms with Gasteiger partial charge in [0.25, 0.3) is 0 Å². The van der Waals surface area contributed by atoms with E-state index in [1.54, 1.807) is 23.3 Å². The highest BCUT2D eigenvalue weighted by Crippen LogP contribution is 2.49. The van der Waals surface area contributed by atoms with Crippen LogP contribution in [0, 0.1) is 6.92 Å². The summed E-state index contributed by atoms with van der Waals surface area (Å²) in [4.78, 5) is 28.7. The number of ether oxygens (including phenoxy) is 2. The first-order valence-corrected chi connectivity index (χ1v) is 14.5. The van der Waals surface area contributed by atoms with Crippen molar-refractivity contribution in [3.8, 4) is 17.2 Å². The maximum atomic E-state index is 13.8. The molecule has 6 rings (SSSR count). The van der Waals surface area contributed by atoms with E-state index in [-0.39, 0.29) is 48.1 Å². The van der Waals surface area contributed by atoms with Crippen molar-refractivity contribution < 1.29 is 23.5 Å². The highest BCUT2D eigenvalue weighted by Gasteiger charge is 2.40.